The van der Waals surface area contributed by atoms with Crippen LogP contribution in [-0.4, -0.2) is 27.5 Å². The van der Waals surface area contributed by atoms with E-state index in [0.717, 1.165) is 0 Å². The van der Waals surface area contributed by atoms with Gasteiger partial charge in [0.05, 0.1) is 11.0 Å². The molecular formula is C7H7N3O4. The number of carboxylic acid groups (broad SMARTS) is 1. The Labute approximate surface area is 78.5 Å². The summed E-state index contributed by atoms with van der Waals surface area (Å²) in [6.07, 6.45) is 1.24. The van der Waals surface area contributed by atoms with E-state index in [2.05, 4.69) is 10.3 Å². The van der Waals surface area contributed by atoms with Crippen molar-refractivity contribution in [1.82, 2.24) is 4.98 Å². The number of nitro groups is 1. The molecule has 1 heterocycles. The summed E-state index contributed by atoms with van der Waals surface area (Å²) in [6, 6.07) is 2.40. The molecule has 2 N–H and O–H groups in total. The van der Waals surface area contributed by atoms with Crippen molar-refractivity contribution in [3.8, 4) is 0 Å². The van der Waals surface area contributed by atoms with E-state index >= 15 is 0 Å². The predicted octanol–water partition coefficient (Wildman–Crippen LogP) is 0.486. The molecule has 0 unspecified atom stereocenters. The van der Waals surface area contributed by atoms with E-state index < -0.39 is 10.9 Å². The number of carbonyl (C=O) groups is 1. The number of aliphatic carboxylic acids is 1. The van der Waals surface area contributed by atoms with Gasteiger partial charge in [-0.1, -0.05) is 0 Å². The van der Waals surface area contributed by atoms with Crippen LogP contribution in [0.25, 0.3) is 0 Å². The first kappa shape index (κ1) is 9.90. The lowest BCUT2D eigenvalue weighted by Crippen LogP contribution is -2.13. The van der Waals surface area contributed by atoms with Crippen LogP contribution >= 0.6 is 0 Å². The Hall–Kier alpha value is -2.18. The summed E-state index contributed by atoms with van der Waals surface area (Å²) in [7, 11) is 0. The number of anilines is 1. The zero-order valence-electron chi connectivity index (χ0n) is 7.01. The standard InChI is InChI=1S/C7H7N3O4/c11-7(12)4-9-6-3-5(10(13)14)1-2-8-6/h1-3H,4H2,(H,8,9)(H,11,12). The fourth-order valence-electron chi connectivity index (χ4n) is 0.796. The molecule has 0 aliphatic rings. The van der Waals surface area contributed by atoms with E-state index in [-0.39, 0.29) is 18.1 Å². The van der Waals surface area contributed by atoms with E-state index in [0.29, 0.717) is 0 Å². The van der Waals surface area contributed by atoms with Crippen LogP contribution in [0.4, 0.5) is 11.5 Å². The number of hydrogen-bond acceptors (Lipinski definition) is 5. The Morgan fingerprint density at radius 3 is 3.00 bits per heavy atom. The van der Waals surface area contributed by atoms with Crippen LogP contribution in [-0.2, 0) is 4.79 Å². The third-order valence-corrected chi connectivity index (χ3v) is 1.38. The topological polar surface area (TPSA) is 105 Å². The van der Waals surface area contributed by atoms with Crippen molar-refractivity contribution in [2.24, 2.45) is 0 Å². The molecule has 0 radical (unpaired) electrons. The molecule has 7 heteroatoms. The molecule has 0 fully saturated rings. The van der Waals surface area contributed by atoms with E-state index in [1.807, 2.05) is 0 Å². The minimum Gasteiger partial charge on any atom is -0.480 e. The Morgan fingerprint density at radius 2 is 2.43 bits per heavy atom. The molecule has 0 aromatic carbocycles. The highest BCUT2D eigenvalue weighted by molar-refractivity contribution is 5.72. The number of carboxylic acids is 1. The van der Waals surface area contributed by atoms with Crippen LogP contribution < -0.4 is 5.32 Å². The zero-order valence-corrected chi connectivity index (χ0v) is 7.01. The van der Waals surface area contributed by atoms with E-state index in [1.54, 1.807) is 0 Å². The number of rotatable bonds is 4. The van der Waals surface area contributed by atoms with Crippen LogP contribution in [0.2, 0.25) is 0 Å². The second kappa shape index (κ2) is 4.17. The summed E-state index contributed by atoms with van der Waals surface area (Å²) in [5.74, 6) is -0.889. The number of aromatic nitrogens is 1. The predicted molar refractivity (Wildman–Crippen MR) is 47.0 cm³/mol. The second-order valence-corrected chi connectivity index (χ2v) is 2.40. The summed E-state index contributed by atoms with van der Waals surface area (Å²) < 4.78 is 0. The van der Waals surface area contributed by atoms with Crippen LogP contribution in [0, 0.1) is 10.1 Å². The first-order valence-electron chi connectivity index (χ1n) is 3.65. The minimum atomic E-state index is -1.06. The average molecular weight is 197 g/mol. The molecule has 0 bridgehead atoms. The summed E-state index contributed by atoms with van der Waals surface area (Å²) in [6.45, 7) is -0.325. The van der Waals surface area contributed by atoms with Gasteiger partial charge in [0.25, 0.3) is 5.69 Å². The molecule has 0 atom stereocenters. The molecule has 0 amide bonds. The molecule has 0 spiro atoms. The average Bonchev–Trinajstić information content (AvgIpc) is 2.15. The molecule has 0 saturated carbocycles. The van der Waals surface area contributed by atoms with Gasteiger partial charge in [-0.25, -0.2) is 4.98 Å². The highest BCUT2D eigenvalue weighted by atomic mass is 16.6. The number of nitrogens with zero attached hydrogens (tertiary/aromatic N) is 2. The maximum atomic E-state index is 10.3. The quantitative estimate of drug-likeness (QED) is 0.537. The van der Waals surface area contributed by atoms with Crippen molar-refractivity contribution < 1.29 is 14.8 Å². The van der Waals surface area contributed by atoms with Crippen LogP contribution in [0.3, 0.4) is 0 Å². The van der Waals surface area contributed by atoms with Gasteiger partial charge in [0.15, 0.2) is 0 Å². The molecule has 7 nitrogen and oxygen atoms in total. The molecule has 1 rings (SSSR count). The van der Waals surface area contributed by atoms with Crippen molar-refractivity contribution in [2.75, 3.05) is 11.9 Å². The highest BCUT2D eigenvalue weighted by Gasteiger charge is 2.06. The lowest BCUT2D eigenvalue weighted by molar-refractivity contribution is -0.384. The Balaban J connectivity index is 2.73. The summed E-state index contributed by atoms with van der Waals surface area (Å²) in [4.78, 5) is 23.6. The Morgan fingerprint density at radius 1 is 1.71 bits per heavy atom. The van der Waals surface area contributed by atoms with Crippen molar-refractivity contribution >= 4 is 17.5 Å². The summed E-state index contributed by atoms with van der Waals surface area (Å²) in [5.41, 5.74) is -0.132. The van der Waals surface area contributed by atoms with Gasteiger partial charge >= 0.3 is 5.97 Å². The Bertz CT molecular complexity index is 366. The van der Waals surface area contributed by atoms with Gasteiger partial charge < -0.3 is 10.4 Å². The fraction of sp³-hybridized carbons (Fsp3) is 0.143. The summed E-state index contributed by atoms with van der Waals surface area (Å²) in [5, 5.41) is 21.1. The number of hydrogen-bond donors (Lipinski definition) is 2. The minimum absolute atomic E-state index is 0.132. The van der Waals surface area contributed by atoms with Gasteiger partial charge in [0.2, 0.25) is 0 Å². The molecule has 0 aliphatic heterocycles. The molecule has 14 heavy (non-hydrogen) atoms. The van der Waals surface area contributed by atoms with Crippen molar-refractivity contribution in [3.63, 3.8) is 0 Å². The van der Waals surface area contributed by atoms with Gasteiger partial charge in [0.1, 0.15) is 12.4 Å². The Kier molecular flexibility index (Phi) is 2.95. The molecule has 0 aliphatic carbocycles. The largest absolute Gasteiger partial charge is 0.480 e. The van der Waals surface area contributed by atoms with Crippen LogP contribution in [0.1, 0.15) is 0 Å². The monoisotopic (exact) mass is 197 g/mol. The molecule has 1 aromatic heterocycles. The third kappa shape index (κ3) is 2.70. The maximum absolute atomic E-state index is 10.3. The second-order valence-electron chi connectivity index (χ2n) is 2.40. The summed E-state index contributed by atoms with van der Waals surface area (Å²) >= 11 is 0. The fourth-order valence-corrected chi connectivity index (χ4v) is 0.796. The van der Waals surface area contributed by atoms with E-state index in [9.17, 15) is 14.9 Å². The molecule has 74 valence electrons. The first-order chi connectivity index (χ1) is 6.59. The van der Waals surface area contributed by atoms with Gasteiger partial charge in [-0.15, -0.1) is 0 Å². The van der Waals surface area contributed by atoms with Gasteiger partial charge in [-0.2, -0.15) is 0 Å². The van der Waals surface area contributed by atoms with Crippen LogP contribution in [0.15, 0.2) is 18.3 Å². The lowest BCUT2D eigenvalue weighted by atomic mass is 10.4. The van der Waals surface area contributed by atoms with E-state index in [4.69, 9.17) is 5.11 Å². The lowest BCUT2D eigenvalue weighted by Gasteiger charge is -2.00. The maximum Gasteiger partial charge on any atom is 0.322 e. The van der Waals surface area contributed by atoms with Gasteiger partial charge in [0, 0.05) is 12.3 Å². The SMILES string of the molecule is O=C(O)CNc1cc([N+](=O)[O-])ccn1. The zero-order chi connectivity index (χ0) is 10.6. The van der Waals surface area contributed by atoms with Crippen LogP contribution in [0.5, 0.6) is 0 Å². The van der Waals surface area contributed by atoms with Crippen molar-refractivity contribution in [2.45, 2.75) is 0 Å². The van der Waals surface area contributed by atoms with Crippen molar-refractivity contribution in [1.29, 1.82) is 0 Å². The van der Waals surface area contributed by atoms with Gasteiger partial charge in [-0.05, 0) is 0 Å². The molecule has 0 saturated heterocycles. The van der Waals surface area contributed by atoms with Crippen molar-refractivity contribution in [3.05, 3.63) is 28.4 Å². The number of pyridine rings is 1. The first-order valence-corrected chi connectivity index (χ1v) is 3.65. The highest BCUT2D eigenvalue weighted by Crippen LogP contribution is 2.13. The van der Waals surface area contributed by atoms with Gasteiger partial charge in [-0.3, -0.25) is 14.9 Å². The van der Waals surface area contributed by atoms with E-state index in [1.165, 1.54) is 18.3 Å². The smallest absolute Gasteiger partial charge is 0.322 e. The number of nitrogens with one attached hydrogen (secondary N) is 1. The molecular weight excluding hydrogens is 190 g/mol. The third-order valence-electron chi connectivity index (χ3n) is 1.38. The molecule has 1 aromatic rings. The normalized spacial score (nSPS) is 9.43.